The van der Waals surface area contributed by atoms with Crippen molar-refractivity contribution in [2.45, 2.75) is 62.5 Å². The summed E-state index contributed by atoms with van der Waals surface area (Å²) in [6, 6.07) is -2.56. The van der Waals surface area contributed by atoms with Crippen molar-refractivity contribution in [1.29, 1.82) is 0 Å². The molecule has 1 fully saturated rings. The predicted octanol–water partition coefficient (Wildman–Crippen LogP) is -5.26. The molecule has 0 saturated carbocycles. The minimum absolute atomic E-state index is 0.0522. The highest BCUT2D eigenvalue weighted by molar-refractivity contribution is 5.82. The number of hydrogen-bond acceptors (Lipinski definition) is 10. The molecule has 1 rings (SSSR count). The number of carbonyl (C=O) groups excluding carboxylic acids is 2. The van der Waals surface area contributed by atoms with Crippen LogP contribution in [0.3, 0.4) is 0 Å². The van der Waals surface area contributed by atoms with E-state index in [1.54, 1.807) is 6.92 Å². The average molecular weight is 449 g/mol. The second-order valence-corrected chi connectivity index (χ2v) is 7.30. The molecule has 0 unspecified atom stereocenters. The van der Waals surface area contributed by atoms with Gasteiger partial charge in [0.25, 0.3) is 0 Å². The van der Waals surface area contributed by atoms with Crippen LogP contribution in [0.1, 0.15) is 19.8 Å². The Labute approximate surface area is 180 Å². The molecular weight excluding hydrogens is 412 g/mol. The molecule has 180 valence electrons. The number of primary amides is 1. The second-order valence-electron chi connectivity index (χ2n) is 7.30. The Bertz CT molecular complexity index is 605. The number of carbonyl (C=O) groups is 2. The summed E-state index contributed by atoms with van der Waals surface area (Å²) in [6.07, 6.45) is -3.96. The number of amides is 2. The average Bonchev–Trinajstić information content (AvgIpc) is 2.72. The molecule has 0 aromatic carbocycles. The maximum atomic E-state index is 12.5. The van der Waals surface area contributed by atoms with Gasteiger partial charge in [-0.1, -0.05) is 0 Å². The van der Waals surface area contributed by atoms with E-state index in [1.165, 1.54) is 0 Å². The number of aliphatic imine (C=N–C) groups is 1. The molecule has 0 aromatic rings. The van der Waals surface area contributed by atoms with Crippen LogP contribution in [0.4, 0.5) is 0 Å². The first kappa shape index (κ1) is 27.0. The van der Waals surface area contributed by atoms with Gasteiger partial charge in [-0.05, 0) is 19.8 Å². The van der Waals surface area contributed by atoms with Gasteiger partial charge in [-0.2, -0.15) is 0 Å². The highest BCUT2D eigenvalue weighted by Crippen LogP contribution is 2.22. The Morgan fingerprint density at radius 3 is 2.48 bits per heavy atom. The van der Waals surface area contributed by atoms with Gasteiger partial charge in [0.2, 0.25) is 11.8 Å². The third-order valence-corrected chi connectivity index (χ3v) is 4.81. The van der Waals surface area contributed by atoms with E-state index in [0.717, 1.165) is 0 Å². The first-order valence-electron chi connectivity index (χ1n) is 10.1. The van der Waals surface area contributed by atoms with Gasteiger partial charge in [-0.3, -0.25) is 14.6 Å². The number of rotatable bonds is 13. The van der Waals surface area contributed by atoms with E-state index in [-0.39, 0.29) is 25.7 Å². The monoisotopic (exact) mass is 448 g/mol. The summed E-state index contributed by atoms with van der Waals surface area (Å²) in [4.78, 5) is 27.3. The highest BCUT2D eigenvalue weighted by Gasteiger charge is 2.45. The number of nitrogens with one attached hydrogen (secondary N) is 2. The third kappa shape index (κ3) is 8.90. The van der Waals surface area contributed by atoms with E-state index in [0.29, 0.717) is 19.4 Å². The summed E-state index contributed by atoms with van der Waals surface area (Å²) < 4.78 is 11.2. The van der Waals surface area contributed by atoms with E-state index in [1.807, 2.05) is 0 Å². The molecule has 14 heteroatoms. The van der Waals surface area contributed by atoms with Gasteiger partial charge >= 0.3 is 0 Å². The first-order chi connectivity index (χ1) is 14.6. The van der Waals surface area contributed by atoms with E-state index >= 15 is 0 Å². The maximum Gasteiger partial charge on any atom is 0.237 e. The van der Waals surface area contributed by atoms with Crippen molar-refractivity contribution in [3.63, 3.8) is 0 Å². The van der Waals surface area contributed by atoms with Gasteiger partial charge in [0, 0.05) is 19.6 Å². The molecule has 1 aliphatic heterocycles. The Morgan fingerprint density at radius 1 is 1.23 bits per heavy atom. The highest BCUT2D eigenvalue weighted by atomic mass is 16.7. The van der Waals surface area contributed by atoms with Crippen LogP contribution < -0.4 is 39.3 Å². The predicted molar refractivity (Wildman–Crippen MR) is 112 cm³/mol. The number of guanidine groups is 1. The zero-order valence-corrected chi connectivity index (χ0v) is 17.6. The summed E-state index contributed by atoms with van der Waals surface area (Å²) in [6.45, 7) is 2.17. The van der Waals surface area contributed by atoms with Gasteiger partial charge in [-0.25, -0.2) is 0 Å². The third-order valence-electron chi connectivity index (χ3n) is 4.81. The maximum absolute atomic E-state index is 12.5. The molecule has 31 heavy (non-hydrogen) atoms. The number of aliphatic hydroxyl groups excluding tert-OH is 2. The standard InChI is InChI=1S/C17H36N8O6/c1-8(14(20)28)23-5-6-30-16-11(13(27)12(26)10(7-18)31-16)25-15(29)9(19)3-2-4-24-17(21)22/h8-13,16,23,26-27H,2-7,18-19H2,1H3,(H2,20,28)(H,25,29)(H4,21,22,24)/t8-,9-,10+,11+,12+,13+,16-/m0/s1. The molecule has 0 spiro atoms. The topological polar surface area (TPSA) is 260 Å². The first-order valence-corrected chi connectivity index (χ1v) is 10.1. The molecule has 0 aliphatic carbocycles. The zero-order chi connectivity index (χ0) is 23.6. The Hall–Kier alpha value is -2.07. The molecule has 1 heterocycles. The molecular formula is C17H36N8O6. The molecule has 1 aliphatic rings. The molecule has 0 aromatic heterocycles. The fourth-order valence-corrected chi connectivity index (χ4v) is 2.89. The van der Waals surface area contributed by atoms with E-state index in [4.69, 9.17) is 38.1 Å². The fraction of sp³-hybridized carbons (Fsp3) is 0.824. The van der Waals surface area contributed by atoms with Gasteiger partial charge < -0.3 is 59.0 Å². The Kier molecular flexibility index (Phi) is 11.6. The number of ether oxygens (including phenoxy) is 2. The van der Waals surface area contributed by atoms with Crippen LogP contribution in [0.25, 0.3) is 0 Å². The molecule has 14 N–H and O–H groups in total. The minimum atomic E-state index is -1.40. The Morgan fingerprint density at radius 2 is 1.90 bits per heavy atom. The zero-order valence-electron chi connectivity index (χ0n) is 17.6. The van der Waals surface area contributed by atoms with Crippen molar-refractivity contribution in [3.05, 3.63) is 0 Å². The molecule has 0 bridgehead atoms. The summed E-state index contributed by atoms with van der Waals surface area (Å²) in [7, 11) is 0. The molecule has 1 saturated heterocycles. The van der Waals surface area contributed by atoms with Crippen LogP contribution in [-0.4, -0.2) is 97.0 Å². The number of hydrogen-bond donors (Lipinski definition) is 9. The number of nitrogens with two attached hydrogens (primary N) is 5. The Balaban J connectivity index is 2.68. The largest absolute Gasteiger partial charge is 0.388 e. The van der Waals surface area contributed by atoms with Crippen molar-refractivity contribution in [1.82, 2.24) is 10.6 Å². The lowest BCUT2D eigenvalue weighted by atomic mass is 9.96. The summed E-state index contributed by atoms with van der Waals surface area (Å²) in [5.41, 5.74) is 27.1. The van der Waals surface area contributed by atoms with Crippen LogP contribution >= 0.6 is 0 Å². The second kappa shape index (κ2) is 13.4. The van der Waals surface area contributed by atoms with Crippen molar-refractivity contribution in [2.24, 2.45) is 33.7 Å². The quantitative estimate of drug-likeness (QED) is 0.0729. The SMILES string of the molecule is C[C@H](NCCO[C@H]1O[C@H](CN)[C@@H](O)[C@H](O)[C@H]1NC(=O)[C@@H](N)CCCN=C(N)N)C(N)=O. The van der Waals surface area contributed by atoms with Gasteiger partial charge in [-0.15, -0.1) is 0 Å². The molecule has 7 atom stereocenters. The van der Waals surface area contributed by atoms with Crippen molar-refractivity contribution in [2.75, 3.05) is 26.2 Å². The van der Waals surface area contributed by atoms with Gasteiger partial charge in [0.05, 0.1) is 18.7 Å². The van der Waals surface area contributed by atoms with Crippen LogP contribution in [0.5, 0.6) is 0 Å². The van der Waals surface area contributed by atoms with Crippen LogP contribution in [-0.2, 0) is 19.1 Å². The fourth-order valence-electron chi connectivity index (χ4n) is 2.89. The van der Waals surface area contributed by atoms with E-state index in [9.17, 15) is 19.8 Å². The lowest BCUT2D eigenvalue weighted by Crippen LogP contribution is -2.66. The minimum Gasteiger partial charge on any atom is -0.388 e. The van der Waals surface area contributed by atoms with Crippen molar-refractivity contribution >= 4 is 17.8 Å². The summed E-state index contributed by atoms with van der Waals surface area (Å²) in [5.74, 6) is -1.14. The molecule has 2 amide bonds. The van der Waals surface area contributed by atoms with E-state index in [2.05, 4.69) is 15.6 Å². The lowest BCUT2D eigenvalue weighted by molar-refractivity contribution is -0.261. The van der Waals surface area contributed by atoms with Crippen LogP contribution in [0.2, 0.25) is 0 Å². The van der Waals surface area contributed by atoms with Crippen LogP contribution in [0, 0.1) is 0 Å². The molecule has 14 nitrogen and oxygen atoms in total. The van der Waals surface area contributed by atoms with E-state index < -0.39 is 54.5 Å². The normalized spacial score (nSPS) is 27.8. The van der Waals surface area contributed by atoms with Crippen molar-refractivity contribution < 1.29 is 29.3 Å². The van der Waals surface area contributed by atoms with Gasteiger partial charge in [0.1, 0.15) is 24.4 Å². The summed E-state index contributed by atoms with van der Waals surface area (Å²) >= 11 is 0. The number of aliphatic hydroxyl groups is 2. The van der Waals surface area contributed by atoms with Crippen LogP contribution in [0.15, 0.2) is 4.99 Å². The molecule has 0 radical (unpaired) electrons. The van der Waals surface area contributed by atoms with Crippen molar-refractivity contribution in [3.8, 4) is 0 Å². The van der Waals surface area contributed by atoms with Gasteiger partial charge in [0.15, 0.2) is 12.2 Å². The summed E-state index contributed by atoms with van der Waals surface area (Å²) in [5, 5.41) is 26.1. The number of nitrogens with zero attached hydrogens (tertiary/aromatic N) is 1. The lowest BCUT2D eigenvalue weighted by Gasteiger charge is -2.42. The smallest absolute Gasteiger partial charge is 0.237 e.